The molecule has 1 aliphatic rings. The number of halogens is 2. The predicted octanol–water partition coefficient (Wildman–Crippen LogP) is 5.53. The van der Waals surface area contributed by atoms with E-state index in [2.05, 4.69) is 31.4 Å². The Hall–Kier alpha value is -2.35. The van der Waals surface area contributed by atoms with Gasteiger partial charge in [-0.15, -0.1) is 5.10 Å². The van der Waals surface area contributed by atoms with Gasteiger partial charge in [-0.3, -0.25) is 4.79 Å². The van der Waals surface area contributed by atoms with E-state index < -0.39 is 0 Å². The highest BCUT2D eigenvalue weighted by Crippen LogP contribution is 2.25. The molecule has 1 amide bonds. The first kappa shape index (κ1) is 19.9. The van der Waals surface area contributed by atoms with E-state index in [1.54, 1.807) is 0 Å². The number of nitrogens with one attached hydrogen (secondary N) is 1. The third-order valence-electron chi connectivity index (χ3n) is 4.20. The molecule has 1 aromatic heterocycles. The first-order valence-corrected chi connectivity index (χ1v) is 10.8. The maximum absolute atomic E-state index is 12.2. The van der Waals surface area contributed by atoms with Gasteiger partial charge in [-0.05, 0) is 60.5 Å². The molecule has 146 valence electrons. The van der Waals surface area contributed by atoms with Crippen LogP contribution < -0.4 is 5.32 Å². The minimum Gasteiger partial charge on any atom is -0.455 e. The van der Waals surface area contributed by atoms with Crippen LogP contribution in [-0.2, 0) is 11.2 Å². The summed E-state index contributed by atoms with van der Waals surface area (Å²) in [5.74, 6) is 1.23. The summed E-state index contributed by atoms with van der Waals surface area (Å²) < 4.78 is 6.76. The zero-order valence-electron chi connectivity index (χ0n) is 15.0. The van der Waals surface area contributed by atoms with Crippen molar-refractivity contribution in [1.29, 1.82) is 0 Å². The van der Waals surface area contributed by atoms with E-state index in [0.29, 0.717) is 28.1 Å². The van der Waals surface area contributed by atoms with Gasteiger partial charge in [0.1, 0.15) is 11.5 Å². The predicted molar refractivity (Wildman–Crippen MR) is 122 cm³/mol. The lowest BCUT2D eigenvalue weighted by Crippen LogP contribution is -2.25. The van der Waals surface area contributed by atoms with Crippen LogP contribution in [0.25, 0.3) is 11.3 Å². The van der Waals surface area contributed by atoms with Crippen molar-refractivity contribution in [3.05, 3.63) is 81.5 Å². The van der Waals surface area contributed by atoms with Gasteiger partial charge in [0.2, 0.25) is 5.91 Å². The topological polar surface area (TPSA) is 67.0 Å². The quantitative estimate of drug-likeness (QED) is 0.379. The van der Waals surface area contributed by atoms with E-state index in [0.717, 1.165) is 15.6 Å². The molecule has 0 bridgehead atoms. The van der Waals surface area contributed by atoms with Crippen molar-refractivity contribution >= 4 is 56.6 Å². The molecule has 3 aromatic rings. The summed E-state index contributed by atoms with van der Waals surface area (Å²) in [6.45, 7) is 0. The summed E-state index contributed by atoms with van der Waals surface area (Å²) in [5.41, 5.74) is 2.02. The number of amides is 1. The highest BCUT2D eigenvalue weighted by molar-refractivity contribution is 9.10. The van der Waals surface area contributed by atoms with E-state index in [4.69, 9.17) is 16.0 Å². The Balaban J connectivity index is 1.38. The molecule has 1 aliphatic heterocycles. The third kappa shape index (κ3) is 5.18. The Morgan fingerprint density at radius 1 is 1.10 bits per heavy atom. The molecule has 1 N–H and O–H groups in total. The molecule has 2 heterocycles. The molecule has 0 radical (unpaired) electrons. The first-order valence-electron chi connectivity index (χ1n) is 8.75. The van der Waals surface area contributed by atoms with Crippen LogP contribution in [0.5, 0.6) is 0 Å². The number of carbonyl (C=O) groups excluding carboxylic acids is 1. The zero-order valence-corrected chi connectivity index (χ0v) is 18.2. The highest BCUT2D eigenvalue weighted by atomic mass is 79.9. The Morgan fingerprint density at radius 2 is 1.86 bits per heavy atom. The number of carbonyl (C=O) groups is 1. The number of rotatable bonds is 5. The lowest BCUT2D eigenvalue weighted by molar-refractivity contribution is -0.118. The first-order chi connectivity index (χ1) is 14.1. The minimum absolute atomic E-state index is 0.0603. The molecule has 0 saturated carbocycles. The van der Waals surface area contributed by atoms with Gasteiger partial charge in [0.25, 0.3) is 0 Å². The molecule has 8 heteroatoms. The molecule has 5 nitrogen and oxygen atoms in total. The molecule has 1 atom stereocenters. The molecule has 4 rings (SSSR count). The van der Waals surface area contributed by atoms with Crippen LogP contribution in [0.3, 0.4) is 0 Å². The SMILES string of the molecule is O=C1NC(=N/N=C/c2ccc(-c3ccc(Cl)cc3)o2)SC1Cc1ccc(Br)cc1. The van der Waals surface area contributed by atoms with Crippen molar-refractivity contribution in [2.45, 2.75) is 11.7 Å². The van der Waals surface area contributed by atoms with Crippen LogP contribution in [-0.4, -0.2) is 22.5 Å². The van der Waals surface area contributed by atoms with Gasteiger partial charge in [-0.1, -0.05) is 51.4 Å². The normalized spacial score (nSPS) is 17.9. The zero-order chi connectivity index (χ0) is 20.2. The summed E-state index contributed by atoms with van der Waals surface area (Å²) in [6, 6.07) is 19.0. The van der Waals surface area contributed by atoms with Gasteiger partial charge in [-0.25, -0.2) is 0 Å². The van der Waals surface area contributed by atoms with Gasteiger partial charge in [0.05, 0.1) is 11.5 Å². The molecular formula is C21H15BrClN3O2S. The maximum atomic E-state index is 12.2. The largest absolute Gasteiger partial charge is 0.455 e. The molecule has 1 fully saturated rings. The molecule has 2 aromatic carbocycles. The standard InChI is InChI=1S/C21H15BrClN3O2S/c22-15-5-1-13(2-6-15)11-19-20(27)25-21(29-19)26-24-12-17-9-10-18(28-17)14-3-7-16(23)8-4-14/h1-10,12,19H,11H2,(H,25,26,27)/b24-12+. The van der Waals surface area contributed by atoms with E-state index in [9.17, 15) is 4.79 Å². The van der Waals surface area contributed by atoms with Crippen molar-refractivity contribution in [2.75, 3.05) is 0 Å². The average molecular weight is 489 g/mol. The molecule has 0 aliphatic carbocycles. The number of amidine groups is 1. The number of hydrogen-bond donors (Lipinski definition) is 1. The van der Waals surface area contributed by atoms with E-state index >= 15 is 0 Å². The summed E-state index contributed by atoms with van der Waals surface area (Å²) in [4.78, 5) is 12.2. The van der Waals surface area contributed by atoms with Crippen LogP contribution in [0, 0.1) is 0 Å². The molecule has 1 saturated heterocycles. The fourth-order valence-electron chi connectivity index (χ4n) is 2.75. The summed E-state index contributed by atoms with van der Waals surface area (Å²) in [7, 11) is 0. The van der Waals surface area contributed by atoms with Crippen LogP contribution in [0.15, 0.2) is 79.8 Å². The second-order valence-corrected chi connectivity index (χ2v) is 8.83. The van der Waals surface area contributed by atoms with Gasteiger partial charge in [0.15, 0.2) is 5.17 Å². The van der Waals surface area contributed by atoms with Crippen molar-refractivity contribution in [3.8, 4) is 11.3 Å². The Kier molecular flexibility index (Phi) is 6.18. The fourth-order valence-corrected chi connectivity index (χ4v) is 4.11. The van der Waals surface area contributed by atoms with Crippen LogP contribution in [0.4, 0.5) is 0 Å². The minimum atomic E-state index is -0.217. The summed E-state index contributed by atoms with van der Waals surface area (Å²) >= 11 is 10.7. The van der Waals surface area contributed by atoms with E-state index in [1.165, 1.54) is 18.0 Å². The Morgan fingerprint density at radius 3 is 2.62 bits per heavy atom. The average Bonchev–Trinajstić information content (AvgIpc) is 3.31. The van der Waals surface area contributed by atoms with Gasteiger partial charge < -0.3 is 9.73 Å². The number of hydrogen-bond acceptors (Lipinski definition) is 5. The van der Waals surface area contributed by atoms with Gasteiger partial charge in [-0.2, -0.15) is 5.10 Å². The van der Waals surface area contributed by atoms with Crippen LogP contribution in [0.2, 0.25) is 5.02 Å². The van der Waals surface area contributed by atoms with E-state index in [1.807, 2.05) is 60.7 Å². The van der Waals surface area contributed by atoms with Gasteiger partial charge >= 0.3 is 0 Å². The monoisotopic (exact) mass is 487 g/mol. The number of furan rings is 1. The van der Waals surface area contributed by atoms with Crippen molar-refractivity contribution in [3.63, 3.8) is 0 Å². The Labute approximate surface area is 185 Å². The maximum Gasteiger partial charge on any atom is 0.239 e. The number of benzene rings is 2. The fraction of sp³-hybridized carbons (Fsp3) is 0.0952. The third-order valence-corrected chi connectivity index (χ3v) is 6.05. The van der Waals surface area contributed by atoms with E-state index in [-0.39, 0.29) is 11.2 Å². The second kappa shape index (κ2) is 8.98. The lowest BCUT2D eigenvalue weighted by atomic mass is 10.1. The van der Waals surface area contributed by atoms with Crippen molar-refractivity contribution in [1.82, 2.24) is 5.32 Å². The molecular weight excluding hydrogens is 474 g/mol. The van der Waals surface area contributed by atoms with Crippen LogP contribution >= 0.6 is 39.3 Å². The number of nitrogens with zero attached hydrogens (tertiary/aromatic N) is 2. The molecule has 29 heavy (non-hydrogen) atoms. The lowest BCUT2D eigenvalue weighted by Gasteiger charge is -2.05. The van der Waals surface area contributed by atoms with Crippen molar-refractivity contribution < 1.29 is 9.21 Å². The number of thioether (sulfide) groups is 1. The second-order valence-electron chi connectivity index (χ2n) is 6.28. The summed E-state index contributed by atoms with van der Waals surface area (Å²) in [6.07, 6.45) is 2.15. The molecule has 1 unspecified atom stereocenters. The summed E-state index contributed by atoms with van der Waals surface area (Å²) in [5, 5.41) is 11.8. The molecule has 0 spiro atoms. The van der Waals surface area contributed by atoms with Crippen molar-refractivity contribution in [2.24, 2.45) is 10.2 Å². The van der Waals surface area contributed by atoms with Gasteiger partial charge in [0, 0.05) is 15.1 Å². The van der Waals surface area contributed by atoms with Crippen LogP contribution in [0.1, 0.15) is 11.3 Å². The highest BCUT2D eigenvalue weighted by Gasteiger charge is 2.30. The Bertz CT molecular complexity index is 1080. The smallest absolute Gasteiger partial charge is 0.239 e.